The third-order valence-corrected chi connectivity index (χ3v) is 6.11. The summed E-state index contributed by atoms with van der Waals surface area (Å²) in [5.74, 6) is 1.26. The number of fused-ring (bicyclic) bond motifs is 1. The second-order valence-electron chi connectivity index (χ2n) is 7.17. The van der Waals surface area contributed by atoms with Gasteiger partial charge in [-0.3, -0.25) is 4.79 Å². The lowest BCUT2D eigenvalue weighted by molar-refractivity contribution is -0.131. The number of likely N-dealkylation sites (tertiary alicyclic amines) is 1. The molecule has 0 unspecified atom stereocenters. The minimum Gasteiger partial charge on any atom is -0.376 e. The minimum absolute atomic E-state index is 0.222. The number of hydrogen-bond acceptors (Lipinski definition) is 3. The van der Waals surface area contributed by atoms with Crippen LogP contribution in [0.15, 0.2) is 24.3 Å². The number of carbonyl (C=O) groups excluding carboxylic acids is 1. The number of halogens is 1. The van der Waals surface area contributed by atoms with Crippen LogP contribution in [0.5, 0.6) is 0 Å². The molecule has 25 heavy (non-hydrogen) atoms. The number of carbonyl (C=O) groups is 1. The van der Waals surface area contributed by atoms with Gasteiger partial charge in [-0.1, -0.05) is 43.6 Å². The van der Waals surface area contributed by atoms with Crippen molar-refractivity contribution in [3.05, 3.63) is 34.9 Å². The van der Waals surface area contributed by atoms with Crippen LogP contribution in [-0.4, -0.2) is 61.1 Å². The fourth-order valence-corrected chi connectivity index (χ4v) is 4.34. The Morgan fingerprint density at radius 3 is 2.76 bits per heavy atom. The maximum Gasteiger partial charge on any atom is 0.223 e. The van der Waals surface area contributed by atoms with Gasteiger partial charge in [0.25, 0.3) is 0 Å². The van der Waals surface area contributed by atoms with E-state index in [0.717, 1.165) is 49.9 Å². The Kier molecular flexibility index (Phi) is 6.37. The number of amides is 1. The van der Waals surface area contributed by atoms with Gasteiger partial charge < -0.3 is 14.5 Å². The Hall–Kier alpha value is -1.10. The van der Waals surface area contributed by atoms with Gasteiger partial charge in [-0.2, -0.15) is 0 Å². The van der Waals surface area contributed by atoms with Crippen LogP contribution in [0.2, 0.25) is 5.02 Å². The Morgan fingerprint density at radius 2 is 2.04 bits per heavy atom. The lowest BCUT2D eigenvalue weighted by Gasteiger charge is -2.25. The normalized spacial score (nSPS) is 25.6. The van der Waals surface area contributed by atoms with E-state index in [1.165, 1.54) is 0 Å². The molecule has 0 aliphatic carbocycles. The van der Waals surface area contributed by atoms with Crippen molar-refractivity contribution in [2.45, 2.75) is 32.8 Å². The maximum absolute atomic E-state index is 12.6. The third kappa shape index (κ3) is 4.36. The molecule has 4 nitrogen and oxygen atoms in total. The van der Waals surface area contributed by atoms with Crippen LogP contribution in [0.25, 0.3) is 0 Å². The average Bonchev–Trinajstić information content (AvgIpc) is 3.20. The van der Waals surface area contributed by atoms with E-state index >= 15 is 0 Å². The zero-order valence-corrected chi connectivity index (χ0v) is 16.0. The molecule has 2 heterocycles. The summed E-state index contributed by atoms with van der Waals surface area (Å²) in [6.45, 7) is 10.1. The van der Waals surface area contributed by atoms with Gasteiger partial charge in [0, 0.05) is 42.9 Å². The van der Waals surface area contributed by atoms with E-state index < -0.39 is 0 Å². The summed E-state index contributed by atoms with van der Waals surface area (Å²) in [7, 11) is 0. The summed E-state index contributed by atoms with van der Waals surface area (Å²) in [5, 5.41) is 0.746. The number of aryl methyl sites for hydroxylation is 1. The lowest BCUT2D eigenvalue weighted by atomic mass is 9.92. The minimum atomic E-state index is 0.222. The quantitative estimate of drug-likeness (QED) is 0.745. The van der Waals surface area contributed by atoms with E-state index in [9.17, 15) is 4.79 Å². The van der Waals surface area contributed by atoms with Crippen LogP contribution in [0, 0.1) is 11.8 Å². The van der Waals surface area contributed by atoms with Gasteiger partial charge in [-0.15, -0.1) is 0 Å². The van der Waals surface area contributed by atoms with Crippen molar-refractivity contribution in [2.24, 2.45) is 11.8 Å². The molecular formula is C20H29ClN2O2. The maximum atomic E-state index is 12.6. The lowest BCUT2D eigenvalue weighted by Crippen LogP contribution is -2.35. The molecule has 0 saturated carbocycles. The van der Waals surface area contributed by atoms with Crippen molar-refractivity contribution in [3.8, 4) is 0 Å². The summed E-state index contributed by atoms with van der Waals surface area (Å²) in [4.78, 5) is 17.1. The molecule has 0 spiro atoms. The standard InChI is InChI=1S/C20H29ClN2O2/c1-3-22(4-2)11-16-14-25-19-13-23(12-17(16)19)20(24)10-9-15-7-5-6-8-18(15)21/h5-8,16-17,19H,3-4,9-14H2,1-2H3/t16-,17+,19+/m1/s1. The van der Waals surface area contributed by atoms with Gasteiger partial charge in [0.1, 0.15) is 0 Å². The molecule has 1 amide bonds. The first-order valence-corrected chi connectivity index (χ1v) is 9.85. The molecule has 3 atom stereocenters. The summed E-state index contributed by atoms with van der Waals surface area (Å²) in [6, 6.07) is 7.77. The van der Waals surface area contributed by atoms with Crippen LogP contribution >= 0.6 is 11.6 Å². The molecule has 0 aromatic heterocycles. The van der Waals surface area contributed by atoms with Crippen molar-refractivity contribution < 1.29 is 9.53 Å². The zero-order chi connectivity index (χ0) is 17.8. The smallest absolute Gasteiger partial charge is 0.223 e. The Balaban J connectivity index is 1.52. The highest BCUT2D eigenvalue weighted by atomic mass is 35.5. The van der Waals surface area contributed by atoms with Crippen molar-refractivity contribution in [1.29, 1.82) is 0 Å². The molecular weight excluding hydrogens is 336 g/mol. The number of benzene rings is 1. The number of nitrogens with zero attached hydrogens (tertiary/aromatic N) is 2. The highest BCUT2D eigenvalue weighted by Crippen LogP contribution is 2.34. The summed E-state index contributed by atoms with van der Waals surface area (Å²) < 4.78 is 6.00. The second kappa shape index (κ2) is 8.52. The molecule has 3 rings (SSSR count). The van der Waals surface area contributed by atoms with Crippen LogP contribution in [0.3, 0.4) is 0 Å². The molecule has 0 radical (unpaired) electrons. The van der Waals surface area contributed by atoms with Gasteiger partial charge >= 0.3 is 0 Å². The Labute approximate surface area is 156 Å². The number of ether oxygens (including phenoxy) is 1. The largest absolute Gasteiger partial charge is 0.376 e. The Bertz CT molecular complexity index is 591. The van der Waals surface area contributed by atoms with Gasteiger partial charge in [0.15, 0.2) is 0 Å². The predicted molar refractivity (Wildman–Crippen MR) is 101 cm³/mol. The highest BCUT2D eigenvalue weighted by Gasteiger charge is 2.45. The van der Waals surface area contributed by atoms with Gasteiger partial charge in [-0.25, -0.2) is 0 Å². The van der Waals surface area contributed by atoms with E-state index in [0.29, 0.717) is 24.7 Å². The monoisotopic (exact) mass is 364 g/mol. The molecule has 2 saturated heterocycles. The van der Waals surface area contributed by atoms with Crippen molar-refractivity contribution >= 4 is 17.5 Å². The molecule has 138 valence electrons. The van der Waals surface area contributed by atoms with E-state index in [4.69, 9.17) is 16.3 Å². The molecule has 2 aliphatic rings. The van der Waals surface area contributed by atoms with E-state index in [2.05, 4.69) is 18.7 Å². The molecule has 0 N–H and O–H groups in total. The Morgan fingerprint density at radius 1 is 1.28 bits per heavy atom. The summed E-state index contributed by atoms with van der Waals surface area (Å²) in [5.41, 5.74) is 1.05. The predicted octanol–water partition coefficient (Wildman–Crippen LogP) is 3.09. The van der Waals surface area contributed by atoms with Crippen molar-refractivity contribution in [1.82, 2.24) is 9.80 Å². The van der Waals surface area contributed by atoms with E-state index in [1.54, 1.807) is 0 Å². The fourth-order valence-electron chi connectivity index (χ4n) is 4.10. The second-order valence-corrected chi connectivity index (χ2v) is 7.58. The summed E-state index contributed by atoms with van der Waals surface area (Å²) in [6.07, 6.45) is 1.45. The molecule has 0 bridgehead atoms. The first-order valence-electron chi connectivity index (χ1n) is 9.47. The molecule has 1 aromatic rings. The van der Waals surface area contributed by atoms with Crippen LogP contribution < -0.4 is 0 Å². The zero-order valence-electron chi connectivity index (χ0n) is 15.3. The van der Waals surface area contributed by atoms with E-state index in [-0.39, 0.29) is 12.0 Å². The van der Waals surface area contributed by atoms with Crippen LogP contribution in [0.1, 0.15) is 25.8 Å². The molecule has 2 fully saturated rings. The average molecular weight is 365 g/mol. The van der Waals surface area contributed by atoms with Gasteiger partial charge in [-0.05, 0) is 31.1 Å². The highest BCUT2D eigenvalue weighted by molar-refractivity contribution is 6.31. The number of rotatable bonds is 7. The first-order chi connectivity index (χ1) is 12.1. The van der Waals surface area contributed by atoms with Gasteiger partial charge in [0.2, 0.25) is 5.91 Å². The topological polar surface area (TPSA) is 32.8 Å². The molecule has 2 aliphatic heterocycles. The number of hydrogen-bond donors (Lipinski definition) is 0. The third-order valence-electron chi connectivity index (χ3n) is 5.74. The van der Waals surface area contributed by atoms with Crippen molar-refractivity contribution in [3.63, 3.8) is 0 Å². The first kappa shape index (κ1) is 18.7. The fraction of sp³-hybridized carbons (Fsp3) is 0.650. The van der Waals surface area contributed by atoms with Crippen LogP contribution in [0.4, 0.5) is 0 Å². The SMILES string of the molecule is CCN(CC)C[C@@H]1CO[C@H]2CN(C(=O)CCc3ccccc3Cl)C[C@@H]12. The molecule has 5 heteroatoms. The van der Waals surface area contributed by atoms with Crippen molar-refractivity contribution in [2.75, 3.05) is 39.3 Å². The van der Waals surface area contributed by atoms with Gasteiger partial charge in [0.05, 0.1) is 12.7 Å². The van der Waals surface area contributed by atoms with Crippen LogP contribution in [-0.2, 0) is 16.0 Å². The molecule has 1 aromatic carbocycles. The van der Waals surface area contributed by atoms with E-state index in [1.807, 2.05) is 29.2 Å². The summed E-state index contributed by atoms with van der Waals surface area (Å²) >= 11 is 6.19.